The van der Waals surface area contributed by atoms with E-state index in [2.05, 4.69) is 35.2 Å². The van der Waals surface area contributed by atoms with E-state index in [1.165, 1.54) is 16.3 Å². The lowest BCUT2D eigenvalue weighted by Gasteiger charge is -2.37. The lowest BCUT2D eigenvalue weighted by molar-refractivity contribution is -0.143. The van der Waals surface area contributed by atoms with E-state index < -0.39 is 5.60 Å². The highest BCUT2D eigenvalue weighted by Crippen LogP contribution is 2.34. The third kappa shape index (κ3) is 7.65. The molecule has 0 fully saturated rings. The molecule has 3 aromatic rings. The van der Waals surface area contributed by atoms with Crippen molar-refractivity contribution in [3.63, 3.8) is 0 Å². The molecule has 1 atom stereocenters. The van der Waals surface area contributed by atoms with Crippen LogP contribution in [0.15, 0.2) is 60.7 Å². The molecule has 0 aromatic heterocycles. The maximum Gasteiger partial charge on any atom is 0.410 e. The fourth-order valence-electron chi connectivity index (χ4n) is 4.91. The number of esters is 1. The van der Waals surface area contributed by atoms with Gasteiger partial charge in [-0.3, -0.25) is 4.79 Å². The minimum absolute atomic E-state index is 0.203. The van der Waals surface area contributed by atoms with Crippen LogP contribution in [-0.2, 0) is 27.1 Å². The van der Waals surface area contributed by atoms with Crippen LogP contribution in [0.1, 0.15) is 45.2 Å². The summed E-state index contributed by atoms with van der Waals surface area (Å²) in [5.74, 6) is 0.554. The lowest BCUT2D eigenvalue weighted by atomic mass is 10.0. The van der Waals surface area contributed by atoms with Gasteiger partial charge in [0.05, 0.1) is 25.4 Å². The average molecular weight is 533 g/mol. The molecule has 1 aliphatic rings. The number of aryl methyl sites for hydroxylation is 1. The first-order valence-corrected chi connectivity index (χ1v) is 13.7. The molecule has 0 radical (unpaired) electrons. The summed E-state index contributed by atoms with van der Waals surface area (Å²) in [6, 6.07) is 20.6. The Bertz CT molecular complexity index is 1290. The minimum Gasteiger partial charge on any atom is -0.485 e. The van der Waals surface area contributed by atoms with Gasteiger partial charge in [0.1, 0.15) is 17.5 Å². The summed E-state index contributed by atoms with van der Waals surface area (Å²) >= 11 is 0. The number of hydrogen-bond acceptors (Lipinski definition) is 6. The molecule has 7 heteroatoms. The van der Waals surface area contributed by atoms with E-state index in [1.807, 2.05) is 65.1 Å². The summed E-state index contributed by atoms with van der Waals surface area (Å²) in [5.41, 5.74) is 2.60. The molecule has 0 unspecified atom stereocenters. The molecule has 1 heterocycles. The molecule has 0 N–H and O–H groups in total. The zero-order valence-electron chi connectivity index (χ0n) is 23.7. The molecule has 1 amide bonds. The van der Waals surface area contributed by atoms with Crippen LogP contribution >= 0.6 is 0 Å². The Hall–Kier alpha value is -3.74. The predicted octanol–water partition coefficient (Wildman–Crippen LogP) is 6.01. The second-order valence-electron chi connectivity index (χ2n) is 11.0. The van der Waals surface area contributed by atoms with Crippen LogP contribution in [0.5, 0.6) is 5.75 Å². The Labute approximate surface area is 231 Å². The monoisotopic (exact) mass is 532 g/mol. The molecule has 7 nitrogen and oxygen atoms in total. The zero-order chi connectivity index (χ0) is 28.0. The number of rotatable bonds is 9. The fraction of sp³-hybridized carbons (Fsp3) is 0.438. The number of hydrogen-bond donors (Lipinski definition) is 0. The molecule has 0 spiro atoms. The third-order valence-corrected chi connectivity index (χ3v) is 6.74. The predicted molar refractivity (Wildman–Crippen MR) is 155 cm³/mol. The van der Waals surface area contributed by atoms with Crippen molar-refractivity contribution in [3.8, 4) is 5.75 Å². The highest BCUT2D eigenvalue weighted by molar-refractivity contribution is 5.85. The van der Waals surface area contributed by atoms with Gasteiger partial charge >= 0.3 is 12.1 Å². The Kier molecular flexibility index (Phi) is 9.00. The highest BCUT2D eigenvalue weighted by atomic mass is 16.6. The summed E-state index contributed by atoms with van der Waals surface area (Å²) < 4.78 is 17.3. The molecular formula is C32H40N2O5. The van der Waals surface area contributed by atoms with Gasteiger partial charge in [0.15, 0.2) is 0 Å². The van der Waals surface area contributed by atoms with Crippen molar-refractivity contribution < 1.29 is 23.8 Å². The number of benzene rings is 3. The molecule has 3 aromatic carbocycles. The SMILES string of the molecule is CCOC(=O)CCc1ccc2c(c1)O[C@@H](CN(CCc1cccc3ccccc13)C(=O)OC(C)(C)C)CN2C. The Morgan fingerprint density at radius 2 is 1.82 bits per heavy atom. The van der Waals surface area contributed by atoms with Gasteiger partial charge in [0.2, 0.25) is 0 Å². The van der Waals surface area contributed by atoms with Gasteiger partial charge in [-0.15, -0.1) is 0 Å². The Balaban J connectivity index is 1.49. The maximum absolute atomic E-state index is 13.3. The van der Waals surface area contributed by atoms with Gasteiger partial charge in [0.25, 0.3) is 0 Å². The summed E-state index contributed by atoms with van der Waals surface area (Å²) in [7, 11) is 2.03. The number of likely N-dealkylation sites (N-methyl/N-ethyl adjacent to an activating group) is 1. The van der Waals surface area contributed by atoms with Crippen LogP contribution in [0, 0.1) is 0 Å². The molecule has 1 aliphatic heterocycles. The molecular weight excluding hydrogens is 492 g/mol. The summed E-state index contributed by atoms with van der Waals surface area (Å²) in [6.45, 7) is 9.39. The van der Waals surface area contributed by atoms with Crippen molar-refractivity contribution in [1.82, 2.24) is 4.90 Å². The zero-order valence-corrected chi connectivity index (χ0v) is 23.7. The van der Waals surface area contributed by atoms with Crippen molar-refractivity contribution in [3.05, 3.63) is 71.8 Å². The van der Waals surface area contributed by atoms with Crippen LogP contribution in [-0.4, -0.2) is 62.0 Å². The van der Waals surface area contributed by atoms with Crippen LogP contribution in [0.4, 0.5) is 10.5 Å². The van der Waals surface area contributed by atoms with Gasteiger partial charge < -0.3 is 24.0 Å². The first-order chi connectivity index (χ1) is 18.6. The Morgan fingerprint density at radius 3 is 2.59 bits per heavy atom. The lowest BCUT2D eigenvalue weighted by Crippen LogP contribution is -2.48. The maximum atomic E-state index is 13.3. The molecule has 39 heavy (non-hydrogen) atoms. The number of amides is 1. The van der Waals surface area contributed by atoms with Crippen molar-refractivity contribution in [2.75, 3.05) is 38.2 Å². The number of nitrogens with zero attached hydrogens (tertiary/aromatic N) is 2. The third-order valence-electron chi connectivity index (χ3n) is 6.74. The van der Waals surface area contributed by atoms with Crippen molar-refractivity contribution >= 4 is 28.5 Å². The van der Waals surface area contributed by atoms with E-state index >= 15 is 0 Å². The van der Waals surface area contributed by atoms with E-state index in [0.29, 0.717) is 45.5 Å². The quantitative estimate of drug-likeness (QED) is 0.314. The second kappa shape index (κ2) is 12.4. The van der Waals surface area contributed by atoms with Crippen molar-refractivity contribution in [2.24, 2.45) is 0 Å². The number of anilines is 1. The first kappa shape index (κ1) is 28.3. The first-order valence-electron chi connectivity index (χ1n) is 13.7. The van der Waals surface area contributed by atoms with Gasteiger partial charge in [-0.2, -0.15) is 0 Å². The number of fused-ring (bicyclic) bond motifs is 2. The summed E-state index contributed by atoms with van der Waals surface area (Å²) in [4.78, 5) is 29.0. The van der Waals surface area contributed by atoms with Crippen molar-refractivity contribution in [1.29, 1.82) is 0 Å². The van der Waals surface area contributed by atoms with E-state index in [4.69, 9.17) is 14.2 Å². The molecule has 208 valence electrons. The van der Waals surface area contributed by atoms with E-state index in [0.717, 1.165) is 17.0 Å². The molecule has 0 bridgehead atoms. The number of ether oxygens (including phenoxy) is 3. The second-order valence-corrected chi connectivity index (χ2v) is 11.0. The Morgan fingerprint density at radius 1 is 1.05 bits per heavy atom. The van der Waals surface area contributed by atoms with Crippen LogP contribution < -0.4 is 9.64 Å². The molecule has 0 saturated heterocycles. The normalized spacial score (nSPS) is 14.9. The fourth-order valence-corrected chi connectivity index (χ4v) is 4.91. The number of carbonyl (C=O) groups excluding carboxylic acids is 2. The van der Waals surface area contributed by atoms with Gasteiger partial charge in [-0.05, 0) is 74.6 Å². The summed E-state index contributed by atoms with van der Waals surface area (Å²) in [6.07, 6.45) is 1.04. The molecule has 0 aliphatic carbocycles. The van der Waals surface area contributed by atoms with Gasteiger partial charge in [-0.1, -0.05) is 48.5 Å². The van der Waals surface area contributed by atoms with Crippen LogP contribution in [0.3, 0.4) is 0 Å². The number of carbonyl (C=O) groups is 2. The average Bonchev–Trinajstić information content (AvgIpc) is 2.89. The van der Waals surface area contributed by atoms with Crippen LogP contribution in [0.25, 0.3) is 10.8 Å². The van der Waals surface area contributed by atoms with E-state index in [1.54, 1.807) is 4.90 Å². The van der Waals surface area contributed by atoms with Crippen molar-refractivity contribution in [2.45, 2.75) is 58.7 Å². The largest absolute Gasteiger partial charge is 0.485 e. The molecule has 4 rings (SSSR count). The van der Waals surface area contributed by atoms with Gasteiger partial charge in [0, 0.05) is 20.0 Å². The van der Waals surface area contributed by atoms with E-state index in [9.17, 15) is 9.59 Å². The topological polar surface area (TPSA) is 68.3 Å². The minimum atomic E-state index is -0.598. The smallest absolute Gasteiger partial charge is 0.410 e. The van der Waals surface area contributed by atoms with Crippen LogP contribution in [0.2, 0.25) is 0 Å². The van der Waals surface area contributed by atoms with E-state index in [-0.39, 0.29) is 18.2 Å². The standard InChI is InChI=1S/C32H40N2O5/c1-6-37-30(35)17-15-23-14-16-28-29(20-23)38-26(21-33(28)5)22-34(31(36)39-32(2,3)4)19-18-25-12-9-11-24-10-7-8-13-27(24)25/h7-14,16,20,26H,6,15,17-19,21-22H2,1-5H3/t26-/m1/s1. The molecule has 0 saturated carbocycles. The summed E-state index contributed by atoms with van der Waals surface area (Å²) in [5, 5.41) is 2.38. The van der Waals surface area contributed by atoms with Gasteiger partial charge in [-0.25, -0.2) is 4.79 Å². The highest BCUT2D eigenvalue weighted by Gasteiger charge is 2.29.